The Bertz CT molecular complexity index is 294. The molecule has 0 aromatic carbocycles. The van der Waals surface area contributed by atoms with E-state index in [4.69, 9.17) is 0 Å². The second kappa shape index (κ2) is 7.97. The molecule has 2 rings (SSSR count). The molecular formula is C19H38N2. The average Bonchev–Trinajstić information content (AvgIpc) is 2.48. The molecule has 2 nitrogen and oxygen atoms in total. The predicted octanol–water partition coefficient (Wildman–Crippen LogP) is 4.45. The van der Waals surface area contributed by atoms with Crippen molar-refractivity contribution in [3.63, 3.8) is 0 Å². The van der Waals surface area contributed by atoms with Crippen molar-refractivity contribution in [1.29, 1.82) is 0 Å². The van der Waals surface area contributed by atoms with E-state index < -0.39 is 0 Å². The van der Waals surface area contributed by atoms with Crippen molar-refractivity contribution in [2.75, 3.05) is 20.6 Å². The second-order valence-electron chi connectivity index (χ2n) is 8.02. The molecular weight excluding hydrogens is 256 g/mol. The molecule has 0 saturated heterocycles. The van der Waals surface area contributed by atoms with Crippen LogP contribution in [0.2, 0.25) is 0 Å². The molecule has 21 heavy (non-hydrogen) atoms. The summed E-state index contributed by atoms with van der Waals surface area (Å²) < 4.78 is 0. The third-order valence-corrected chi connectivity index (χ3v) is 6.25. The molecule has 124 valence electrons. The molecule has 2 heteroatoms. The third-order valence-electron chi connectivity index (χ3n) is 6.25. The fourth-order valence-corrected chi connectivity index (χ4v) is 5.08. The highest BCUT2D eigenvalue weighted by molar-refractivity contribution is 5.04. The van der Waals surface area contributed by atoms with Gasteiger partial charge in [0.2, 0.25) is 0 Å². The van der Waals surface area contributed by atoms with E-state index in [1.807, 2.05) is 0 Å². The summed E-state index contributed by atoms with van der Waals surface area (Å²) in [5, 5.41) is 4.01. The van der Waals surface area contributed by atoms with Gasteiger partial charge in [-0.15, -0.1) is 0 Å². The van der Waals surface area contributed by atoms with Crippen LogP contribution < -0.4 is 5.32 Å². The maximum absolute atomic E-state index is 4.01. The molecule has 0 aromatic heterocycles. The maximum Gasteiger partial charge on any atom is 0.0359 e. The van der Waals surface area contributed by atoms with Crippen molar-refractivity contribution in [3.05, 3.63) is 0 Å². The Labute approximate surface area is 133 Å². The van der Waals surface area contributed by atoms with Gasteiger partial charge in [-0.2, -0.15) is 0 Å². The second-order valence-corrected chi connectivity index (χ2v) is 8.02. The van der Waals surface area contributed by atoms with Crippen molar-refractivity contribution >= 4 is 0 Å². The first kappa shape index (κ1) is 17.3. The van der Waals surface area contributed by atoms with E-state index in [1.165, 1.54) is 70.8 Å². The van der Waals surface area contributed by atoms with Gasteiger partial charge in [0.25, 0.3) is 0 Å². The van der Waals surface area contributed by atoms with Crippen LogP contribution in [0.4, 0.5) is 0 Å². The van der Waals surface area contributed by atoms with Gasteiger partial charge >= 0.3 is 0 Å². The number of nitrogens with zero attached hydrogens (tertiary/aromatic N) is 1. The summed E-state index contributed by atoms with van der Waals surface area (Å²) >= 11 is 0. The summed E-state index contributed by atoms with van der Waals surface area (Å²) in [6.45, 7) is 5.95. The fraction of sp³-hybridized carbons (Fsp3) is 1.00. The summed E-state index contributed by atoms with van der Waals surface area (Å²) in [5.41, 5.74) is 0.412. The van der Waals surface area contributed by atoms with Crippen LogP contribution in [0.25, 0.3) is 0 Å². The van der Waals surface area contributed by atoms with Crippen LogP contribution in [-0.2, 0) is 0 Å². The zero-order chi connectivity index (χ0) is 15.3. The van der Waals surface area contributed by atoms with Crippen molar-refractivity contribution in [3.8, 4) is 0 Å². The van der Waals surface area contributed by atoms with E-state index in [-0.39, 0.29) is 0 Å². The van der Waals surface area contributed by atoms with E-state index >= 15 is 0 Å². The molecule has 0 aromatic rings. The van der Waals surface area contributed by atoms with E-state index in [9.17, 15) is 0 Å². The molecule has 3 atom stereocenters. The van der Waals surface area contributed by atoms with Gasteiger partial charge in [0.05, 0.1) is 0 Å². The SMILES string of the molecule is CCCNC(C1CCCC(C)C1)C1(N(C)C)CCCCC1. The van der Waals surface area contributed by atoms with Gasteiger partial charge in [0, 0.05) is 11.6 Å². The van der Waals surface area contributed by atoms with Crippen LogP contribution in [0.5, 0.6) is 0 Å². The third kappa shape index (κ3) is 4.01. The first-order valence-electron chi connectivity index (χ1n) is 9.51. The molecule has 3 unspecified atom stereocenters. The molecule has 0 spiro atoms. The van der Waals surface area contributed by atoms with E-state index in [0.717, 1.165) is 11.8 Å². The number of hydrogen-bond donors (Lipinski definition) is 1. The van der Waals surface area contributed by atoms with Gasteiger partial charge < -0.3 is 10.2 Å². The quantitative estimate of drug-likeness (QED) is 0.779. The summed E-state index contributed by atoms with van der Waals surface area (Å²) in [6.07, 6.45) is 14.1. The zero-order valence-electron chi connectivity index (χ0n) is 15.0. The lowest BCUT2D eigenvalue weighted by Crippen LogP contribution is -2.63. The van der Waals surface area contributed by atoms with Crippen LogP contribution in [0.1, 0.15) is 78.1 Å². The van der Waals surface area contributed by atoms with Gasteiger partial charge in [-0.05, 0) is 64.6 Å². The average molecular weight is 295 g/mol. The largest absolute Gasteiger partial charge is 0.312 e. The van der Waals surface area contributed by atoms with Crippen LogP contribution in [0, 0.1) is 11.8 Å². The monoisotopic (exact) mass is 294 g/mol. The van der Waals surface area contributed by atoms with Crippen molar-refractivity contribution in [2.45, 2.75) is 89.6 Å². The summed E-state index contributed by atoms with van der Waals surface area (Å²) in [6, 6.07) is 0.704. The number of nitrogens with one attached hydrogen (secondary N) is 1. The van der Waals surface area contributed by atoms with E-state index in [0.29, 0.717) is 11.6 Å². The van der Waals surface area contributed by atoms with Gasteiger partial charge in [-0.3, -0.25) is 0 Å². The van der Waals surface area contributed by atoms with E-state index in [2.05, 4.69) is 38.2 Å². The minimum atomic E-state index is 0.412. The Balaban J connectivity index is 2.18. The van der Waals surface area contributed by atoms with E-state index in [1.54, 1.807) is 0 Å². The van der Waals surface area contributed by atoms with Crippen LogP contribution in [-0.4, -0.2) is 37.1 Å². The highest BCUT2D eigenvalue weighted by Gasteiger charge is 2.45. The first-order chi connectivity index (χ1) is 10.1. The molecule has 2 fully saturated rings. The molecule has 0 bridgehead atoms. The number of likely N-dealkylation sites (N-methyl/N-ethyl adjacent to an activating group) is 1. The van der Waals surface area contributed by atoms with Crippen molar-refractivity contribution in [1.82, 2.24) is 10.2 Å². The highest BCUT2D eigenvalue weighted by Crippen LogP contribution is 2.42. The molecule has 0 heterocycles. The molecule has 1 N–H and O–H groups in total. The van der Waals surface area contributed by atoms with Gasteiger partial charge in [-0.1, -0.05) is 46.0 Å². The molecule has 2 aliphatic carbocycles. The highest BCUT2D eigenvalue weighted by atomic mass is 15.2. The Morgan fingerprint density at radius 3 is 2.38 bits per heavy atom. The smallest absolute Gasteiger partial charge is 0.0359 e. The Hall–Kier alpha value is -0.0800. The van der Waals surface area contributed by atoms with Gasteiger partial charge in [0.1, 0.15) is 0 Å². The predicted molar refractivity (Wildman–Crippen MR) is 92.7 cm³/mol. The fourth-order valence-electron chi connectivity index (χ4n) is 5.08. The molecule has 0 radical (unpaired) electrons. The Kier molecular flexibility index (Phi) is 6.55. The molecule has 2 saturated carbocycles. The first-order valence-corrected chi connectivity index (χ1v) is 9.51. The molecule has 0 aliphatic heterocycles. The standard InChI is InChI=1S/C19H38N2/c1-5-14-20-18(17-11-9-10-16(2)15-17)19(21(3)4)12-7-6-8-13-19/h16-18,20H,5-15H2,1-4H3. The lowest BCUT2D eigenvalue weighted by molar-refractivity contribution is 0.0190. The number of hydrogen-bond acceptors (Lipinski definition) is 2. The van der Waals surface area contributed by atoms with Gasteiger partial charge in [0.15, 0.2) is 0 Å². The lowest BCUT2D eigenvalue weighted by Gasteiger charge is -2.52. The van der Waals surface area contributed by atoms with Crippen molar-refractivity contribution in [2.24, 2.45) is 11.8 Å². The normalized spacial score (nSPS) is 31.3. The van der Waals surface area contributed by atoms with Crippen molar-refractivity contribution < 1.29 is 0 Å². The summed E-state index contributed by atoms with van der Waals surface area (Å²) in [7, 11) is 4.66. The minimum Gasteiger partial charge on any atom is -0.312 e. The topological polar surface area (TPSA) is 15.3 Å². The Morgan fingerprint density at radius 1 is 1.10 bits per heavy atom. The van der Waals surface area contributed by atoms with Crippen LogP contribution >= 0.6 is 0 Å². The van der Waals surface area contributed by atoms with Gasteiger partial charge in [-0.25, -0.2) is 0 Å². The summed E-state index contributed by atoms with van der Waals surface area (Å²) in [4.78, 5) is 2.58. The number of rotatable bonds is 6. The van der Waals surface area contributed by atoms with Crippen LogP contribution in [0.15, 0.2) is 0 Å². The zero-order valence-corrected chi connectivity index (χ0v) is 15.0. The lowest BCUT2D eigenvalue weighted by atomic mass is 9.66. The molecule has 0 amide bonds. The summed E-state index contributed by atoms with van der Waals surface area (Å²) in [5.74, 6) is 1.82. The maximum atomic E-state index is 4.01. The molecule has 2 aliphatic rings. The Morgan fingerprint density at radius 2 is 1.81 bits per heavy atom. The van der Waals surface area contributed by atoms with Crippen LogP contribution in [0.3, 0.4) is 0 Å². The minimum absolute atomic E-state index is 0.412.